The van der Waals surface area contributed by atoms with Crippen molar-refractivity contribution in [1.29, 1.82) is 0 Å². The fourth-order valence-corrected chi connectivity index (χ4v) is 2.62. The molecule has 0 radical (unpaired) electrons. The summed E-state index contributed by atoms with van der Waals surface area (Å²) in [6, 6.07) is 8.40. The van der Waals surface area contributed by atoms with Crippen molar-refractivity contribution in [3.63, 3.8) is 0 Å². The molecule has 90 valence electrons. The fraction of sp³-hybridized carbons (Fsp3) is 0.438. The Morgan fingerprint density at radius 3 is 2.88 bits per heavy atom. The second kappa shape index (κ2) is 5.81. The Hall–Kier alpha value is -1.37. The molecule has 0 bridgehead atoms. The summed E-state index contributed by atoms with van der Waals surface area (Å²) in [5.41, 5.74) is 2.57. The monoisotopic (exact) mass is 228 g/mol. The first-order valence-corrected chi connectivity index (χ1v) is 6.54. The number of carbonyl (C=O) groups is 1. The van der Waals surface area contributed by atoms with Crippen LogP contribution >= 0.6 is 0 Å². The molecular weight excluding hydrogens is 208 g/mol. The molecular formula is C16H20O. The summed E-state index contributed by atoms with van der Waals surface area (Å²) in [5.74, 6) is 0.592. The van der Waals surface area contributed by atoms with Gasteiger partial charge in [0.25, 0.3) is 0 Å². The highest BCUT2D eigenvalue weighted by molar-refractivity contribution is 5.86. The van der Waals surface area contributed by atoms with Crippen molar-refractivity contribution in [3.8, 4) is 0 Å². The van der Waals surface area contributed by atoms with Crippen molar-refractivity contribution in [2.75, 3.05) is 0 Å². The number of carbonyl (C=O) groups excluding carboxylic acids is 1. The van der Waals surface area contributed by atoms with Gasteiger partial charge in [-0.1, -0.05) is 42.8 Å². The van der Waals surface area contributed by atoms with Gasteiger partial charge >= 0.3 is 0 Å². The third-order valence-electron chi connectivity index (χ3n) is 3.56. The molecule has 1 aromatic carbocycles. The molecule has 0 aliphatic heterocycles. The Bertz CT molecular complexity index is 417. The molecule has 1 aliphatic carbocycles. The van der Waals surface area contributed by atoms with E-state index in [1.54, 1.807) is 0 Å². The first-order chi connectivity index (χ1) is 8.33. The standard InChI is InChI=1S/C16H20O/c1-2-3-8-13-9-4-5-10-14(13)15-11-6-7-12-16(15)17/h2-5,9-10,15H,6-8,11-12H2,1H3/b3-2+. The van der Waals surface area contributed by atoms with Crippen LogP contribution in [-0.4, -0.2) is 5.78 Å². The Kier molecular flexibility index (Phi) is 4.13. The summed E-state index contributed by atoms with van der Waals surface area (Å²) < 4.78 is 0. The van der Waals surface area contributed by atoms with Gasteiger partial charge in [-0.2, -0.15) is 0 Å². The van der Waals surface area contributed by atoms with E-state index in [1.165, 1.54) is 17.5 Å². The first-order valence-electron chi connectivity index (χ1n) is 6.54. The molecule has 1 atom stereocenters. The van der Waals surface area contributed by atoms with Crippen molar-refractivity contribution >= 4 is 5.78 Å². The highest BCUT2D eigenvalue weighted by Gasteiger charge is 2.25. The lowest BCUT2D eigenvalue weighted by molar-refractivity contribution is -0.121. The molecule has 1 fully saturated rings. The van der Waals surface area contributed by atoms with Crippen LogP contribution in [0.2, 0.25) is 0 Å². The van der Waals surface area contributed by atoms with Crippen LogP contribution in [0.3, 0.4) is 0 Å². The SMILES string of the molecule is C/C=C/Cc1ccccc1C1CCCCC1=O. The van der Waals surface area contributed by atoms with Gasteiger partial charge in [-0.15, -0.1) is 0 Å². The summed E-state index contributed by atoms with van der Waals surface area (Å²) >= 11 is 0. The average molecular weight is 228 g/mol. The van der Waals surface area contributed by atoms with E-state index in [0.717, 1.165) is 25.7 Å². The zero-order valence-corrected chi connectivity index (χ0v) is 10.5. The van der Waals surface area contributed by atoms with Crippen molar-refractivity contribution in [2.24, 2.45) is 0 Å². The summed E-state index contributed by atoms with van der Waals surface area (Å²) in [4.78, 5) is 12.0. The number of benzene rings is 1. The molecule has 0 heterocycles. The molecule has 1 saturated carbocycles. The lowest BCUT2D eigenvalue weighted by atomic mass is 9.80. The van der Waals surface area contributed by atoms with Crippen LogP contribution in [0.25, 0.3) is 0 Å². The molecule has 0 spiro atoms. The maximum absolute atomic E-state index is 12.0. The van der Waals surface area contributed by atoms with E-state index >= 15 is 0 Å². The van der Waals surface area contributed by atoms with Gasteiger partial charge < -0.3 is 0 Å². The third kappa shape index (κ3) is 2.85. The number of hydrogen-bond acceptors (Lipinski definition) is 1. The van der Waals surface area contributed by atoms with E-state index in [1.807, 2.05) is 6.92 Å². The van der Waals surface area contributed by atoms with Gasteiger partial charge in [0.15, 0.2) is 0 Å². The van der Waals surface area contributed by atoms with Gasteiger partial charge in [0, 0.05) is 12.3 Å². The van der Waals surface area contributed by atoms with Gasteiger partial charge in [-0.05, 0) is 37.3 Å². The fourth-order valence-electron chi connectivity index (χ4n) is 2.62. The second-order valence-corrected chi connectivity index (χ2v) is 4.74. The lowest BCUT2D eigenvalue weighted by Crippen LogP contribution is -2.18. The molecule has 1 unspecified atom stereocenters. The van der Waals surface area contributed by atoms with Crippen molar-refractivity contribution in [1.82, 2.24) is 0 Å². The van der Waals surface area contributed by atoms with E-state index in [9.17, 15) is 4.79 Å². The molecule has 1 aromatic rings. The van der Waals surface area contributed by atoms with E-state index in [4.69, 9.17) is 0 Å². The van der Waals surface area contributed by atoms with E-state index in [0.29, 0.717) is 5.78 Å². The molecule has 0 saturated heterocycles. The predicted molar refractivity (Wildman–Crippen MR) is 71.2 cm³/mol. The largest absolute Gasteiger partial charge is 0.299 e. The number of allylic oxidation sites excluding steroid dienone is 2. The van der Waals surface area contributed by atoms with Gasteiger partial charge in [0.05, 0.1) is 0 Å². The lowest BCUT2D eigenvalue weighted by Gasteiger charge is -2.23. The van der Waals surface area contributed by atoms with Crippen LogP contribution in [0.5, 0.6) is 0 Å². The van der Waals surface area contributed by atoms with Crippen LogP contribution in [0.1, 0.15) is 49.7 Å². The Morgan fingerprint density at radius 2 is 2.12 bits per heavy atom. The molecule has 0 amide bonds. The van der Waals surface area contributed by atoms with Crippen LogP contribution in [0, 0.1) is 0 Å². The topological polar surface area (TPSA) is 17.1 Å². The zero-order valence-electron chi connectivity index (χ0n) is 10.5. The van der Waals surface area contributed by atoms with Crippen molar-refractivity contribution in [2.45, 2.75) is 44.9 Å². The smallest absolute Gasteiger partial charge is 0.140 e. The van der Waals surface area contributed by atoms with E-state index in [2.05, 4.69) is 36.4 Å². The summed E-state index contributed by atoms with van der Waals surface area (Å²) in [5, 5.41) is 0. The number of rotatable bonds is 3. The highest BCUT2D eigenvalue weighted by Crippen LogP contribution is 2.32. The number of hydrogen-bond donors (Lipinski definition) is 0. The Balaban J connectivity index is 2.26. The van der Waals surface area contributed by atoms with Gasteiger partial charge in [-0.3, -0.25) is 4.79 Å². The Labute approximate surface area is 104 Å². The molecule has 0 aromatic heterocycles. The number of ketones is 1. The van der Waals surface area contributed by atoms with Crippen LogP contribution < -0.4 is 0 Å². The summed E-state index contributed by atoms with van der Waals surface area (Å²) in [7, 11) is 0. The summed E-state index contributed by atoms with van der Waals surface area (Å²) in [6.45, 7) is 2.04. The molecule has 0 N–H and O–H groups in total. The van der Waals surface area contributed by atoms with Crippen LogP contribution in [0.15, 0.2) is 36.4 Å². The van der Waals surface area contributed by atoms with Crippen molar-refractivity contribution < 1.29 is 4.79 Å². The molecule has 1 aliphatic rings. The average Bonchev–Trinajstić information content (AvgIpc) is 2.37. The minimum Gasteiger partial charge on any atom is -0.299 e. The van der Waals surface area contributed by atoms with Crippen LogP contribution in [0.4, 0.5) is 0 Å². The summed E-state index contributed by atoms with van der Waals surface area (Å²) in [6.07, 6.45) is 9.23. The predicted octanol–water partition coefficient (Wildman–Crippen LogP) is 4.03. The van der Waals surface area contributed by atoms with Gasteiger partial charge in [0.1, 0.15) is 5.78 Å². The van der Waals surface area contributed by atoms with Gasteiger partial charge in [0.2, 0.25) is 0 Å². The normalized spacial score (nSPS) is 21.0. The zero-order chi connectivity index (χ0) is 12.1. The number of Topliss-reactive ketones (excluding diaryl/α,β-unsaturated/α-hetero) is 1. The first kappa shape index (κ1) is 12.1. The van der Waals surface area contributed by atoms with Crippen LogP contribution in [-0.2, 0) is 11.2 Å². The van der Waals surface area contributed by atoms with E-state index < -0.39 is 0 Å². The minimum atomic E-state index is 0.158. The minimum absolute atomic E-state index is 0.158. The quantitative estimate of drug-likeness (QED) is 0.714. The molecule has 1 nitrogen and oxygen atoms in total. The second-order valence-electron chi connectivity index (χ2n) is 4.74. The Morgan fingerprint density at radius 1 is 1.29 bits per heavy atom. The maximum Gasteiger partial charge on any atom is 0.140 e. The van der Waals surface area contributed by atoms with E-state index in [-0.39, 0.29) is 5.92 Å². The molecule has 17 heavy (non-hydrogen) atoms. The molecule has 1 heteroatoms. The van der Waals surface area contributed by atoms with Gasteiger partial charge in [-0.25, -0.2) is 0 Å². The molecule has 2 rings (SSSR count). The van der Waals surface area contributed by atoms with Crippen molar-refractivity contribution in [3.05, 3.63) is 47.5 Å². The maximum atomic E-state index is 12.0. The highest BCUT2D eigenvalue weighted by atomic mass is 16.1. The third-order valence-corrected chi connectivity index (χ3v) is 3.56.